The summed E-state index contributed by atoms with van der Waals surface area (Å²) in [5.41, 5.74) is 0. The van der Waals surface area contributed by atoms with Crippen molar-refractivity contribution in [3.05, 3.63) is 27.6 Å². The van der Waals surface area contributed by atoms with Crippen molar-refractivity contribution in [1.29, 1.82) is 0 Å². The molecule has 2 aromatic rings. The molecule has 0 aliphatic rings. The zero-order chi connectivity index (χ0) is 9.97. The summed E-state index contributed by atoms with van der Waals surface area (Å²) in [6, 6.07) is 3.77. The van der Waals surface area contributed by atoms with Crippen molar-refractivity contribution in [1.82, 2.24) is 10.2 Å². The number of anilines is 1. The average Bonchev–Trinajstić information content (AvgIpc) is 2.72. The molecule has 0 radical (unpaired) electrons. The molecule has 0 saturated carbocycles. The van der Waals surface area contributed by atoms with Crippen molar-refractivity contribution in [2.75, 3.05) is 5.32 Å². The maximum atomic E-state index is 5.32. The second kappa shape index (κ2) is 4.10. The Balaban J connectivity index is 1.94. The van der Waals surface area contributed by atoms with Crippen molar-refractivity contribution >= 4 is 32.4 Å². The predicted octanol–water partition coefficient (Wildman–Crippen LogP) is 2.81. The third-order valence-corrected chi connectivity index (χ3v) is 2.79. The van der Waals surface area contributed by atoms with Crippen molar-refractivity contribution in [2.45, 2.75) is 13.5 Å². The van der Waals surface area contributed by atoms with Crippen LogP contribution in [0.25, 0.3) is 0 Å². The van der Waals surface area contributed by atoms with E-state index in [0.29, 0.717) is 6.54 Å². The lowest BCUT2D eigenvalue weighted by Gasteiger charge is -1.96. The molecular weight excluding hydrogens is 266 g/mol. The molecule has 0 spiro atoms. The van der Waals surface area contributed by atoms with Gasteiger partial charge in [-0.1, -0.05) is 11.3 Å². The Morgan fingerprint density at radius 1 is 1.50 bits per heavy atom. The van der Waals surface area contributed by atoms with Crippen LogP contribution < -0.4 is 5.32 Å². The lowest BCUT2D eigenvalue weighted by atomic mass is 10.4. The normalized spacial score (nSPS) is 10.4. The topological polar surface area (TPSA) is 51.0 Å². The van der Waals surface area contributed by atoms with E-state index < -0.39 is 0 Å². The molecule has 0 bridgehead atoms. The summed E-state index contributed by atoms with van der Waals surface area (Å²) < 4.78 is 6.06. The fraction of sp³-hybridized carbons (Fsp3) is 0.250. The van der Waals surface area contributed by atoms with Crippen molar-refractivity contribution in [2.24, 2.45) is 0 Å². The molecule has 1 N–H and O–H groups in total. The van der Waals surface area contributed by atoms with E-state index in [-0.39, 0.29) is 0 Å². The van der Waals surface area contributed by atoms with Crippen LogP contribution in [0.2, 0.25) is 0 Å². The zero-order valence-corrected chi connectivity index (χ0v) is 9.85. The number of aryl methyl sites for hydroxylation is 1. The molecule has 2 rings (SSSR count). The van der Waals surface area contributed by atoms with Crippen molar-refractivity contribution < 1.29 is 4.42 Å². The molecule has 0 saturated heterocycles. The molecule has 0 aliphatic carbocycles. The highest BCUT2D eigenvalue weighted by atomic mass is 79.9. The van der Waals surface area contributed by atoms with Gasteiger partial charge in [-0.25, -0.2) is 0 Å². The van der Waals surface area contributed by atoms with Crippen molar-refractivity contribution in [3.8, 4) is 0 Å². The van der Waals surface area contributed by atoms with Crippen LogP contribution in [0.5, 0.6) is 0 Å². The van der Waals surface area contributed by atoms with Crippen LogP contribution in [0.4, 0.5) is 5.13 Å². The summed E-state index contributed by atoms with van der Waals surface area (Å²) in [6.07, 6.45) is 0. The number of aromatic nitrogens is 2. The number of hydrogen-bond donors (Lipinski definition) is 1. The van der Waals surface area contributed by atoms with Gasteiger partial charge in [0.15, 0.2) is 4.67 Å². The molecule has 0 aliphatic heterocycles. The summed E-state index contributed by atoms with van der Waals surface area (Å²) in [5.74, 6) is 0.865. The maximum Gasteiger partial charge on any atom is 0.206 e. The average molecular weight is 274 g/mol. The van der Waals surface area contributed by atoms with Gasteiger partial charge in [-0.05, 0) is 35.0 Å². The minimum absolute atomic E-state index is 0.625. The molecule has 0 unspecified atom stereocenters. The van der Waals surface area contributed by atoms with Crippen LogP contribution in [0.15, 0.2) is 21.2 Å². The first-order chi connectivity index (χ1) is 6.74. The number of hydrogen-bond acceptors (Lipinski definition) is 5. The quantitative estimate of drug-likeness (QED) is 0.935. The largest absolute Gasteiger partial charge is 0.452 e. The van der Waals surface area contributed by atoms with Gasteiger partial charge in [0, 0.05) is 0 Å². The molecular formula is C8H8BrN3OS. The van der Waals surface area contributed by atoms with Gasteiger partial charge < -0.3 is 9.73 Å². The van der Waals surface area contributed by atoms with Gasteiger partial charge >= 0.3 is 0 Å². The van der Waals surface area contributed by atoms with Gasteiger partial charge in [0.25, 0.3) is 0 Å². The maximum absolute atomic E-state index is 5.32. The smallest absolute Gasteiger partial charge is 0.206 e. The molecule has 6 heteroatoms. The number of rotatable bonds is 3. The third kappa shape index (κ3) is 2.33. The molecule has 74 valence electrons. The lowest BCUT2D eigenvalue weighted by Crippen LogP contribution is -1.97. The van der Waals surface area contributed by atoms with Gasteiger partial charge in [-0.2, -0.15) is 0 Å². The van der Waals surface area contributed by atoms with Gasteiger partial charge in [0.1, 0.15) is 10.8 Å². The summed E-state index contributed by atoms with van der Waals surface area (Å²) in [6.45, 7) is 2.55. The summed E-state index contributed by atoms with van der Waals surface area (Å²) in [5, 5.41) is 12.7. The number of nitrogens with zero attached hydrogens (tertiary/aromatic N) is 2. The Hall–Kier alpha value is -0.880. The van der Waals surface area contributed by atoms with E-state index in [4.69, 9.17) is 4.42 Å². The summed E-state index contributed by atoms with van der Waals surface area (Å²) in [7, 11) is 0. The first-order valence-corrected chi connectivity index (χ1v) is 5.63. The molecule has 0 amide bonds. The van der Waals surface area contributed by atoms with Gasteiger partial charge in [0.2, 0.25) is 5.13 Å². The Morgan fingerprint density at radius 2 is 2.36 bits per heavy atom. The molecule has 0 aromatic carbocycles. The van der Waals surface area contributed by atoms with Crippen LogP contribution in [-0.2, 0) is 6.54 Å². The van der Waals surface area contributed by atoms with Crippen LogP contribution in [0, 0.1) is 6.92 Å². The Kier molecular flexibility index (Phi) is 2.83. The van der Waals surface area contributed by atoms with E-state index in [1.54, 1.807) is 0 Å². The Bertz CT molecular complexity index is 385. The van der Waals surface area contributed by atoms with E-state index >= 15 is 0 Å². The van der Waals surface area contributed by atoms with Crippen LogP contribution in [0.3, 0.4) is 0 Å². The van der Waals surface area contributed by atoms with Gasteiger partial charge in [0.05, 0.1) is 6.54 Å². The third-order valence-electron chi connectivity index (χ3n) is 1.57. The Labute approximate surface area is 93.5 Å². The number of nitrogens with one attached hydrogen (secondary N) is 1. The zero-order valence-electron chi connectivity index (χ0n) is 7.45. The fourth-order valence-corrected chi connectivity index (χ4v) is 1.91. The molecule has 2 aromatic heterocycles. The summed E-state index contributed by atoms with van der Waals surface area (Å²) >= 11 is 4.77. The predicted molar refractivity (Wildman–Crippen MR) is 58.4 cm³/mol. The molecule has 0 atom stereocenters. The molecule has 14 heavy (non-hydrogen) atoms. The first-order valence-electron chi connectivity index (χ1n) is 4.02. The highest BCUT2D eigenvalue weighted by Crippen LogP contribution is 2.17. The first kappa shape index (κ1) is 9.67. The van der Waals surface area contributed by atoms with Crippen LogP contribution in [-0.4, -0.2) is 10.2 Å². The van der Waals surface area contributed by atoms with Gasteiger partial charge in [-0.15, -0.1) is 10.2 Å². The SMILES string of the molecule is Cc1nnc(NCc2ccc(Br)o2)s1. The summed E-state index contributed by atoms with van der Waals surface area (Å²) in [4.78, 5) is 0. The molecule has 0 fully saturated rings. The van der Waals surface area contributed by atoms with Crippen LogP contribution in [0.1, 0.15) is 10.8 Å². The minimum Gasteiger partial charge on any atom is -0.452 e. The fourth-order valence-electron chi connectivity index (χ4n) is 0.977. The molecule has 2 heterocycles. The van der Waals surface area contributed by atoms with E-state index in [1.165, 1.54) is 11.3 Å². The Morgan fingerprint density at radius 3 is 2.93 bits per heavy atom. The van der Waals surface area contributed by atoms with Crippen molar-refractivity contribution in [3.63, 3.8) is 0 Å². The second-order valence-corrected chi connectivity index (χ2v) is 4.65. The van der Waals surface area contributed by atoms with Crippen LogP contribution >= 0.6 is 27.3 Å². The second-order valence-electron chi connectivity index (χ2n) is 2.69. The van der Waals surface area contributed by atoms with E-state index in [0.717, 1.165) is 20.6 Å². The van der Waals surface area contributed by atoms with E-state index in [9.17, 15) is 0 Å². The standard InChI is InChI=1S/C8H8BrN3OS/c1-5-11-12-8(14-5)10-4-6-2-3-7(9)13-6/h2-3H,4H2,1H3,(H,10,12). The number of halogens is 1. The molecule has 4 nitrogen and oxygen atoms in total. The van der Waals surface area contributed by atoms with E-state index in [1.807, 2.05) is 19.1 Å². The van der Waals surface area contributed by atoms with Gasteiger partial charge in [-0.3, -0.25) is 0 Å². The van der Waals surface area contributed by atoms with E-state index in [2.05, 4.69) is 31.4 Å². The number of furan rings is 1. The monoisotopic (exact) mass is 273 g/mol. The minimum atomic E-state index is 0.625. The lowest BCUT2D eigenvalue weighted by molar-refractivity contribution is 0.495. The highest BCUT2D eigenvalue weighted by molar-refractivity contribution is 9.10. The highest BCUT2D eigenvalue weighted by Gasteiger charge is 2.02.